The minimum Gasteiger partial charge on any atom is -0.460 e. The van der Waals surface area contributed by atoms with Gasteiger partial charge in [-0.25, -0.2) is 14.8 Å². The van der Waals surface area contributed by atoms with Crippen LogP contribution in [0.4, 0.5) is 5.82 Å². The zero-order chi connectivity index (χ0) is 13.2. The molecule has 1 saturated heterocycles. The molecule has 0 spiro atoms. The van der Waals surface area contributed by atoms with Gasteiger partial charge < -0.3 is 9.64 Å². The standard InChI is InChI=1S/C14H19N3O2/c1-2-19-14(18)13-15-7-6-12(16-13)17-8-10-4-3-5-11(10)9-17/h6-7,10-11H,2-5,8-9H2,1H3. The van der Waals surface area contributed by atoms with E-state index in [2.05, 4.69) is 14.9 Å². The van der Waals surface area contributed by atoms with Gasteiger partial charge in [0.05, 0.1) is 6.61 Å². The van der Waals surface area contributed by atoms with E-state index < -0.39 is 5.97 Å². The normalized spacial score (nSPS) is 25.4. The van der Waals surface area contributed by atoms with Gasteiger partial charge >= 0.3 is 5.97 Å². The van der Waals surface area contributed by atoms with Gasteiger partial charge in [0.1, 0.15) is 5.82 Å². The zero-order valence-corrected chi connectivity index (χ0v) is 11.2. The Hall–Kier alpha value is -1.65. The maximum Gasteiger partial charge on any atom is 0.376 e. The molecular weight excluding hydrogens is 242 g/mol. The van der Waals surface area contributed by atoms with Crippen molar-refractivity contribution in [2.24, 2.45) is 11.8 Å². The number of aromatic nitrogens is 2. The summed E-state index contributed by atoms with van der Waals surface area (Å²) >= 11 is 0. The van der Waals surface area contributed by atoms with Crippen LogP contribution in [0.25, 0.3) is 0 Å². The van der Waals surface area contributed by atoms with Crippen LogP contribution in [0.15, 0.2) is 12.3 Å². The molecule has 0 aromatic carbocycles. The second kappa shape index (κ2) is 5.15. The smallest absolute Gasteiger partial charge is 0.376 e. The lowest BCUT2D eigenvalue weighted by molar-refractivity contribution is 0.0512. The van der Waals surface area contributed by atoms with Gasteiger partial charge in [-0.15, -0.1) is 0 Å². The summed E-state index contributed by atoms with van der Waals surface area (Å²) in [6.45, 7) is 4.25. The first kappa shape index (κ1) is 12.4. The molecule has 2 heterocycles. The van der Waals surface area contributed by atoms with E-state index in [1.807, 2.05) is 6.07 Å². The summed E-state index contributed by atoms with van der Waals surface area (Å²) in [5.74, 6) is 2.19. The maximum absolute atomic E-state index is 11.6. The fourth-order valence-electron chi connectivity index (χ4n) is 3.24. The number of anilines is 1. The average molecular weight is 261 g/mol. The van der Waals surface area contributed by atoms with Gasteiger partial charge in [0, 0.05) is 19.3 Å². The van der Waals surface area contributed by atoms with Crippen molar-refractivity contribution >= 4 is 11.8 Å². The number of rotatable bonds is 3. The van der Waals surface area contributed by atoms with E-state index >= 15 is 0 Å². The van der Waals surface area contributed by atoms with Crippen molar-refractivity contribution < 1.29 is 9.53 Å². The molecule has 1 aromatic heterocycles. The predicted molar refractivity (Wildman–Crippen MR) is 71.0 cm³/mol. The molecule has 1 aliphatic heterocycles. The zero-order valence-electron chi connectivity index (χ0n) is 11.2. The predicted octanol–water partition coefficient (Wildman–Crippen LogP) is 1.89. The maximum atomic E-state index is 11.6. The van der Waals surface area contributed by atoms with Crippen molar-refractivity contribution in [3.8, 4) is 0 Å². The summed E-state index contributed by atoms with van der Waals surface area (Å²) in [6, 6.07) is 1.88. The largest absolute Gasteiger partial charge is 0.460 e. The van der Waals surface area contributed by atoms with Crippen LogP contribution in [0, 0.1) is 11.8 Å². The van der Waals surface area contributed by atoms with Crippen molar-refractivity contribution in [1.82, 2.24) is 9.97 Å². The Morgan fingerprint density at radius 2 is 2.16 bits per heavy atom. The first-order chi connectivity index (χ1) is 9.28. The molecule has 1 aromatic rings. The lowest BCUT2D eigenvalue weighted by Crippen LogP contribution is -2.23. The SMILES string of the molecule is CCOC(=O)c1nccc(N2CC3CCCC3C2)n1. The minimum atomic E-state index is -0.441. The molecule has 2 unspecified atom stereocenters. The molecule has 0 bridgehead atoms. The van der Waals surface area contributed by atoms with E-state index in [9.17, 15) is 4.79 Å². The Morgan fingerprint density at radius 1 is 1.42 bits per heavy atom. The highest BCUT2D eigenvalue weighted by Gasteiger charge is 2.36. The van der Waals surface area contributed by atoms with E-state index in [4.69, 9.17) is 4.74 Å². The van der Waals surface area contributed by atoms with Crippen LogP contribution in [0.2, 0.25) is 0 Å². The van der Waals surface area contributed by atoms with Crippen molar-refractivity contribution in [3.05, 3.63) is 18.1 Å². The lowest BCUT2D eigenvalue weighted by Gasteiger charge is -2.18. The highest BCUT2D eigenvalue weighted by atomic mass is 16.5. The van der Waals surface area contributed by atoms with Gasteiger partial charge in [0.25, 0.3) is 0 Å². The molecule has 0 N–H and O–H groups in total. The molecule has 5 nitrogen and oxygen atoms in total. The molecule has 1 saturated carbocycles. The van der Waals surface area contributed by atoms with Crippen LogP contribution < -0.4 is 4.90 Å². The van der Waals surface area contributed by atoms with E-state index in [-0.39, 0.29) is 5.82 Å². The van der Waals surface area contributed by atoms with Crippen LogP contribution in [-0.4, -0.2) is 35.6 Å². The summed E-state index contributed by atoms with van der Waals surface area (Å²) in [4.78, 5) is 22.2. The number of esters is 1. The van der Waals surface area contributed by atoms with Gasteiger partial charge in [-0.1, -0.05) is 6.42 Å². The van der Waals surface area contributed by atoms with Crippen molar-refractivity contribution in [1.29, 1.82) is 0 Å². The van der Waals surface area contributed by atoms with Crippen LogP contribution >= 0.6 is 0 Å². The van der Waals surface area contributed by atoms with E-state index in [0.717, 1.165) is 30.7 Å². The molecular formula is C14H19N3O2. The molecule has 2 fully saturated rings. The van der Waals surface area contributed by atoms with Gasteiger partial charge in [0.2, 0.25) is 5.82 Å². The van der Waals surface area contributed by atoms with Crippen molar-refractivity contribution in [3.63, 3.8) is 0 Å². The van der Waals surface area contributed by atoms with Gasteiger partial charge in [-0.05, 0) is 37.7 Å². The van der Waals surface area contributed by atoms with Crippen LogP contribution in [0.1, 0.15) is 36.8 Å². The first-order valence-corrected chi connectivity index (χ1v) is 7.03. The molecule has 0 amide bonds. The second-order valence-electron chi connectivity index (χ2n) is 5.31. The van der Waals surface area contributed by atoms with E-state index in [1.54, 1.807) is 13.1 Å². The highest BCUT2D eigenvalue weighted by molar-refractivity contribution is 5.85. The topological polar surface area (TPSA) is 55.3 Å². The number of carbonyl (C=O) groups is 1. The van der Waals surface area contributed by atoms with E-state index in [0.29, 0.717) is 6.61 Å². The lowest BCUT2D eigenvalue weighted by atomic mass is 10.0. The quantitative estimate of drug-likeness (QED) is 0.778. The summed E-state index contributed by atoms with van der Waals surface area (Å²) in [7, 11) is 0. The number of nitrogens with zero attached hydrogens (tertiary/aromatic N) is 3. The average Bonchev–Trinajstić information content (AvgIpc) is 3.00. The molecule has 0 radical (unpaired) electrons. The second-order valence-corrected chi connectivity index (χ2v) is 5.31. The third-order valence-corrected chi connectivity index (χ3v) is 4.15. The van der Waals surface area contributed by atoms with Gasteiger partial charge in [-0.2, -0.15) is 0 Å². The molecule has 1 aliphatic carbocycles. The van der Waals surface area contributed by atoms with Crippen LogP contribution in [0.5, 0.6) is 0 Å². The Bertz CT molecular complexity index is 466. The Morgan fingerprint density at radius 3 is 2.84 bits per heavy atom. The fourth-order valence-corrected chi connectivity index (χ4v) is 3.24. The Labute approximate surface area is 113 Å². The molecule has 5 heteroatoms. The minimum absolute atomic E-state index is 0.163. The summed E-state index contributed by atoms with van der Waals surface area (Å²) in [5.41, 5.74) is 0. The van der Waals surface area contributed by atoms with Crippen molar-refractivity contribution in [2.75, 3.05) is 24.6 Å². The molecule has 3 rings (SSSR count). The van der Waals surface area contributed by atoms with E-state index in [1.165, 1.54) is 19.3 Å². The number of hydrogen-bond acceptors (Lipinski definition) is 5. The van der Waals surface area contributed by atoms with Gasteiger partial charge in [0.15, 0.2) is 0 Å². The summed E-state index contributed by atoms with van der Waals surface area (Å²) in [6.07, 6.45) is 5.66. The molecule has 2 aliphatic rings. The third kappa shape index (κ3) is 2.41. The molecule has 19 heavy (non-hydrogen) atoms. The summed E-state index contributed by atoms with van der Waals surface area (Å²) < 4.78 is 4.94. The first-order valence-electron chi connectivity index (χ1n) is 7.03. The Balaban J connectivity index is 1.75. The van der Waals surface area contributed by atoms with Crippen LogP contribution in [-0.2, 0) is 4.74 Å². The number of fused-ring (bicyclic) bond motifs is 1. The third-order valence-electron chi connectivity index (χ3n) is 4.15. The number of carbonyl (C=O) groups excluding carboxylic acids is 1. The highest BCUT2D eigenvalue weighted by Crippen LogP contribution is 2.38. The molecule has 2 atom stereocenters. The Kier molecular flexibility index (Phi) is 3.36. The fraction of sp³-hybridized carbons (Fsp3) is 0.643. The number of ether oxygens (including phenoxy) is 1. The van der Waals surface area contributed by atoms with Crippen molar-refractivity contribution in [2.45, 2.75) is 26.2 Å². The summed E-state index contributed by atoms with van der Waals surface area (Å²) in [5, 5.41) is 0. The van der Waals surface area contributed by atoms with Gasteiger partial charge in [-0.3, -0.25) is 0 Å². The monoisotopic (exact) mass is 261 g/mol. The molecule has 102 valence electrons. The number of hydrogen-bond donors (Lipinski definition) is 0. The van der Waals surface area contributed by atoms with Crippen LogP contribution in [0.3, 0.4) is 0 Å².